The molecule has 2 amide bonds. The smallest absolute Gasteiger partial charge is 0.352 e. The minimum absolute atomic E-state index is 0.0101. The number of anilines is 1. The van der Waals surface area contributed by atoms with Gasteiger partial charge in [0.15, 0.2) is 23.5 Å². The quantitative estimate of drug-likeness (QED) is 0.137. The molecule has 4 heterocycles. The van der Waals surface area contributed by atoms with E-state index in [1.165, 1.54) is 51.1 Å². The molecule has 2 aromatic heterocycles. The van der Waals surface area contributed by atoms with Crippen LogP contribution in [0, 0.1) is 0 Å². The number of thioether (sulfide) groups is 1. The number of carbonyl (C=O) groups is 3. The van der Waals surface area contributed by atoms with E-state index in [-0.39, 0.29) is 5.70 Å². The molecule has 3 atom stereocenters. The Bertz CT molecular complexity index is 1320. The third-order valence-corrected chi connectivity index (χ3v) is 9.47. The molecule has 1 fully saturated rings. The Morgan fingerprint density at radius 2 is 2.22 bits per heavy atom. The Hall–Kier alpha value is -3.23. The third-order valence-electron chi connectivity index (χ3n) is 6.36. The molecule has 11 nitrogen and oxygen atoms in total. The molecule has 1 saturated heterocycles. The van der Waals surface area contributed by atoms with Crippen molar-refractivity contribution in [3.05, 3.63) is 51.1 Å². The number of carboxylic acid groups (broad SMARTS) is 1. The summed E-state index contributed by atoms with van der Waals surface area (Å²) in [4.78, 5) is 49.5. The van der Waals surface area contributed by atoms with Crippen LogP contribution < -0.4 is 15.6 Å². The molecule has 0 saturated carbocycles. The number of β-lactam (4-membered cyclic amide) rings is 1. The van der Waals surface area contributed by atoms with Gasteiger partial charge in [-0.3, -0.25) is 14.5 Å². The molecule has 3 aliphatic rings. The van der Waals surface area contributed by atoms with Crippen molar-refractivity contribution in [3.8, 4) is 0 Å². The molecular formula is C23H25N6O5S3+. The van der Waals surface area contributed by atoms with Crippen molar-refractivity contribution in [3.63, 3.8) is 0 Å². The first kappa shape index (κ1) is 25.4. The van der Waals surface area contributed by atoms with Crippen LogP contribution in [0.1, 0.15) is 35.2 Å². The van der Waals surface area contributed by atoms with Crippen LogP contribution in [0.2, 0.25) is 0 Å². The predicted molar refractivity (Wildman–Crippen MR) is 140 cm³/mol. The molecule has 4 N–H and O–H groups in total. The highest BCUT2D eigenvalue weighted by atomic mass is 32.2. The average Bonchev–Trinajstić information content (AvgIpc) is 3.51. The number of carboxylic acids is 1. The van der Waals surface area contributed by atoms with E-state index in [4.69, 9.17) is 10.6 Å². The van der Waals surface area contributed by atoms with Gasteiger partial charge in [0.1, 0.15) is 29.0 Å². The molecule has 0 radical (unpaired) electrons. The molecule has 2 aliphatic heterocycles. The van der Waals surface area contributed by atoms with Gasteiger partial charge in [0, 0.05) is 23.1 Å². The van der Waals surface area contributed by atoms with E-state index in [0.717, 1.165) is 25.5 Å². The fourth-order valence-electron chi connectivity index (χ4n) is 4.61. The number of nitrogens with two attached hydrogens (primary N) is 1. The van der Waals surface area contributed by atoms with E-state index in [1.807, 2.05) is 5.51 Å². The SMILES string of the molecule is C=CC(ON=CC(=O)N[C@@H]1C(=O)N2C(C(=O)O)=C(C[n+]3csc4c3CCCC4)CS[C@@H]12)c1csc(N)n1. The van der Waals surface area contributed by atoms with Gasteiger partial charge in [-0.05, 0) is 25.3 Å². The fraction of sp³-hybridized carbons (Fsp3) is 0.391. The molecule has 14 heteroatoms. The predicted octanol–water partition coefficient (Wildman–Crippen LogP) is 1.62. The molecule has 0 aromatic carbocycles. The summed E-state index contributed by atoms with van der Waals surface area (Å²) in [6.07, 6.45) is 6.05. The summed E-state index contributed by atoms with van der Waals surface area (Å²) < 4.78 is 2.12. The summed E-state index contributed by atoms with van der Waals surface area (Å²) in [5.74, 6) is -1.79. The van der Waals surface area contributed by atoms with Gasteiger partial charge in [0.05, 0.1) is 4.88 Å². The van der Waals surface area contributed by atoms with E-state index < -0.39 is 35.3 Å². The number of nitrogen functional groups attached to an aromatic ring is 1. The second kappa shape index (κ2) is 10.6. The van der Waals surface area contributed by atoms with Gasteiger partial charge in [-0.15, -0.1) is 23.1 Å². The zero-order chi connectivity index (χ0) is 26.1. The van der Waals surface area contributed by atoms with Crippen LogP contribution in [0.15, 0.2) is 40.0 Å². The number of oxime groups is 1. The molecule has 37 heavy (non-hydrogen) atoms. The van der Waals surface area contributed by atoms with Gasteiger partial charge < -0.3 is 21.0 Å². The Morgan fingerprint density at radius 3 is 2.95 bits per heavy atom. The minimum atomic E-state index is -1.14. The monoisotopic (exact) mass is 561 g/mol. The number of rotatable bonds is 9. The number of thiazole rings is 2. The number of nitrogens with one attached hydrogen (secondary N) is 1. The van der Waals surface area contributed by atoms with Crippen molar-refractivity contribution in [2.45, 2.75) is 49.7 Å². The van der Waals surface area contributed by atoms with Gasteiger partial charge >= 0.3 is 5.97 Å². The van der Waals surface area contributed by atoms with Crippen molar-refractivity contribution in [2.75, 3.05) is 11.5 Å². The van der Waals surface area contributed by atoms with Crippen LogP contribution in [0.4, 0.5) is 5.13 Å². The van der Waals surface area contributed by atoms with Crippen molar-refractivity contribution in [2.24, 2.45) is 5.16 Å². The molecular weight excluding hydrogens is 536 g/mol. The Labute approximate surface area is 224 Å². The highest BCUT2D eigenvalue weighted by Gasteiger charge is 2.54. The topological polar surface area (TPSA) is 151 Å². The van der Waals surface area contributed by atoms with Gasteiger partial charge in [-0.1, -0.05) is 23.1 Å². The molecule has 1 aliphatic carbocycles. The molecule has 0 spiro atoms. The number of hydrogen-bond donors (Lipinski definition) is 3. The standard InChI is InChI=1S/C23H24N6O5S3/c1-2-15(13-10-36-23(24)26-13)34-25-7-17(30)27-18-20(31)29-19(22(32)33)12(9-35-21(18)29)8-28-11-37-16-6-4-3-5-14(16)28/h2,7,10-11,15,18,21H,1,3-6,8-9H2,(H3-,24,26,27,30,32,33)/p+1/t15?,18-,21+/m1/s1. The van der Waals surface area contributed by atoms with E-state index >= 15 is 0 Å². The number of fused-ring (bicyclic) bond motifs is 2. The maximum Gasteiger partial charge on any atom is 0.352 e. The van der Waals surface area contributed by atoms with E-state index in [0.29, 0.717) is 28.7 Å². The first-order valence-corrected chi connectivity index (χ1v) is 14.4. The maximum absolute atomic E-state index is 12.9. The van der Waals surface area contributed by atoms with E-state index in [2.05, 4.69) is 26.6 Å². The van der Waals surface area contributed by atoms with Crippen LogP contribution in [0.5, 0.6) is 0 Å². The van der Waals surface area contributed by atoms with Gasteiger partial charge in [0.25, 0.3) is 11.8 Å². The number of amides is 2. The van der Waals surface area contributed by atoms with E-state index in [1.54, 1.807) is 16.7 Å². The molecule has 0 bridgehead atoms. The lowest BCUT2D eigenvalue weighted by Crippen LogP contribution is -2.70. The number of aliphatic carboxylic acids is 1. The van der Waals surface area contributed by atoms with Crippen molar-refractivity contribution >= 4 is 63.6 Å². The van der Waals surface area contributed by atoms with Gasteiger partial charge in [0.2, 0.25) is 5.51 Å². The molecule has 2 aromatic rings. The number of aryl methyl sites for hydroxylation is 1. The summed E-state index contributed by atoms with van der Waals surface area (Å²) in [7, 11) is 0. The molecule has 5 rings (SSSR count). The summed E-state index contributed by atoms with van der Waals surface area (Å²) in [6, 6.07) is -0.852. The fourth-order valence-corrected chi connectivity index (χ4v) is 7.61. The largest absolute Gasteiger partial charge is 0.477 e. The number of carbonyl (C=O) groups excluding carboxylic acids is 2. The summed E-state index contributed by atoms with van der Waals surface area (Å²) in [6.45, 7) is 4.10. The zero-order valence-electron chi connectivity index (χ0n) is 19.7. The Balaban J connectivity index is 1.23. The number of hydrogen-bond acceptors (Lipinski definition) is 10. The summed E-state index contributed by atoms with van der Waals surface area (Å²) in [5.41, 5.74) is 10.1. The highest BCUT2D eigenvalue weighted by molar-refractivity contribution is 8.00. The van der Waals surface area contributed by atoms with E-state index in [9.17, 15) is 19.5 Å². The summed E-state index contributed by atoms with van der Waals surface area (Å²) in [5, 5.41) is 17.8. The van der Waals surface area contributed by atoms with Crippen molar-refractivity contribution in [1.82, 2.24) is 15.2 Å². The maximum atomic E-state index is 12.9. The Morgan fingerprint density at radius 1 is 1.41 bits per heavy atom. The minimum Gasteiger partial charge on any atom is -0.477 e. The van der Waals surface area contributed by atoms with Gasteiger partial charge in [-0.25, -0.2) is 9.78 Å². The second-order valence-corrected chi connectivity index (χ2v) is 11.6. The van der Waals surface area contributed by atoms with Crippen LogP contribution >= 0.6 is 34.4 Å². The second-order valence-electron chi connectivity index (χ2n) is 8.69. The lowest BCUT2D eigenvalue weighted by atomic mass is 10.0. The average molecular weight is 562 g/mol. The molecule has 1 unspecified atom stereocenters. The van der Waals surface area contributed by atoms with Crippen molar-refractivity contribution in [1.29, 1.82) is 0 Å². The first-order chi connectivity index (χ1) is 17.9. The van der Waals surface area contributed by atoms with Crippen LogP contribution in [0.3, 0.4) is 0 Å². The number of nitrogens with zero attached hydrogens (tertiary/aromatic N) is 4. The summed E-state index contributed by atoms with van der Waals surface area (Å²) >= 11 is 4.39. The van der Waals surface area contributed by atoms with Crippen LogP contribution in [0.25, 0.3) is 0 Å². The van der Waals surface area contributed by atoms with Crippen molar-refractivity contribution < 1.29 is 28.9 Å². The van der Waals surface area contributed by atoms with Crippen LogP contribution in [-0.4, -0.2) is 56.2 Å². The lowest BCUT2D eigenvalue weighted by Gasteiger charge is -2.49. The Kier molecular flexibility index (Phi) is 7.31. The molecule has 194 valence electrons. The third kappa shape index (κ3) is 5.00. The highest BCUT2D eigenvalue weighted by Crippen LogP contribution is 2.40. The normalized spacial score (nSPS) is 21.7. The van der Waals surface area contributed by atoms with Crippen LogP contribution in [-0.2, 0) is 38.6 Å². The van der Waals surface area contributed by atoms with Gasteiger partial charge in [-0.2, -0.15) is 4.57 Å². The zero-order valence-corrected chi connectivity index (χ0v) is 22.1. The number of aromatic nitrogens is 2. The lowest BCUT2D eigenvalue weighted by molar-refractivity contribution is -0.692. The first-order valence-electron chi connectivity index (χ1n) is 11.6.